The Hall–Kier alpha value is -1.58. The van der Waals surface area contributed by atoms with Crippen molar-refractivity contribution < 1.29 is 59.8 Å². The van der Waals surface area contributed by atoms with Gasteiger partial charge in [-0.3, -0.25) is 0 Å². The van der Waals surface area contributed by atoms with E-state index in [0.717, 1.165) is 0 Å². The van der Waals surface area contributed by atoms with Crippen molar-refractivity contribution in [3.63, 3.8) is 0 Å². The van der Waals surface area contributed by atoms with E-state index >= 15 is 0 Å². The summed E-state index contributed by atoms with van der Waals surface area (Å²) in [6.07, 6.45) is -9.68. The topological polar surface area (TPSA) is 199 Å². The molecule has 0 spiro atoms. The number of phenolic OH excluding ortho intramolecular Hbond substituents is 2. The molecule has 176 valence electrons. The molecule has 31 heavy (non-hydrogen) atoms. The highest BCUT2D eigenvalue weighted by molar-refractivity contribution is 5.40. The van der Waals surface area contributed by atoms with Gasteiger partial charge in [-0.2, -0.15) is 0 Å². The van der Waals surface area contributed by atoms with E-state index in [0.29, 0.717) is 12.0 Å². The summed E-state index contributed by atoms with van der Waals surface area (Å²) in [7, 11) is 0. The Kier molecular flexibility index (Phi) is 7.70. The number of hydrogen-bond donors (Lipinski definition) is 8. The number of rotatable bonds is 8. The van der Waals surface area contributed by atoms with Gasteiger partial charge in [0.05, 0.1) is 26.4 Å². The predicted molar refractivity (Wildman–Crippen MR) is 99.8 cm³/mol. The zero-order chi connectivity index (χ0) is 22.8. The number of phenols is 2. The van der Waals surface area contributed by atoms with Gasteiger partial charge < -0.3 is 59.8 Å². The number of aliphatic hydroxyl groups excluding tert-OH is 5. The van der Waals surface area contributed by atoms with Gasteiger partial charge in [0.2, 0.25) is 0 Å². The predicted octanol–water partition coefficient (Wildman–Crippen LogP) is -3.08. The van der Waals surface area contributed by atoms with Crippen LogP contribution in [0.5, 0.6) is 11.5 Å². The molecule has 0 amide bonds. The Balaban J connectivity index is 1.53. The standard InChI is InChI=1S/C19H28O12/c20-7-19(27)8-30-18(16(19)26)29-6-12-13(23)14(24)15(25)17(31-12)28-4-3-9-1-2-10(21)11(22)5-9/h1-2,5,12-18,20-27H,3-4,6-8H2. The summed E-state index contributed by atoms with van der Waals surface area (Å²) in [5.74, 6) is -0.545. The summed E-state index contributed by atoms with van der Waals surface area (Å²) in [6, 6.07) is 4.25. The van der Waals surface area contributed by atoms with Crippen LogP contribution in [0.1, 0.15) is 5.56 Å². The van der Waals surface area contributed by atoms with Crippen molar-refractivity contribution in [2.45, 2.75) is 55.1 Å². The first-order valence-corrected chi connectivity index (χ1v) is 9.73. The van der Waals surface area contributed by atoms with Crippen molar-refractivity contribution in [2.24, 2.45) is 0 Å². The van der Waals surface area contributed by atoms with E-state index in [1.807, 2.05) is 0 Å². The van der Waals surface area contributed by atoms with Gasteiger partial charge in [-0.15, -0.1) is 0 Å². The number of hydrogen-bond acceptors (Lipinski definition) is 12. The monoisotopic (exact) mass is 448 g/mol. The Morgan fingerprint density at radius 3 is 2.35 bits per heavy atom. The molecule has 0 aromatic heterocycles. The van der Waals surface area contributed by atoms with Gasteiger partial charge in [-0.25, -0.2) is 0 Å². The largest absolute Gasteiger partial charge is 0.504 e. The molecule has 8 atom stereocenters. The molecule has 2 saturated heterocycles. The molecule has 0 aliphatic carbocycles. The van der Waals surface area contributed by atoms with Crippen molar-refractivity contribution in [3.05, 3.63) is 23.8 Å². The summed E-state index contributed by atoms with van der Waals surface area (Å²) in [5.41, 5.74) is -1.23. The van der Waals surface area contributed by atoms with E-state index in [4.69, 9.17) is 24.1 Å². The minimum absolute atomic E-state index is 0.0241. The fourth-order valence-corrected chi connectivity index (χ4v) is 3.33. The van der Waals surface area contributed by atoms with Gasteiger partial charge in [0.1, 0.15) is 36.1 Å². The SMILES string of the molecule is OCC1(O)COC(OCC2OC(OCCc3ccc(O)c(O)c3)C(O)C(O)C2O)C1O. The van der Waals surface area contributed by atoms with Gasteiger partial charge in [0.15, 0.2) is 24.1 Å². The van der Waals surface area contributed by atoms with Gasteiger partial charge in [-0.1, -0.05) is 6.07 Å². The molecule has 2 aliphatic rings. The summed E-state index contributed by atoms with van der Waals surface area (Å²) in [5, 5.41) is 78.4. The van der Waals surface area contributed by atoms with Crippen LogP contribution in [0.4, 0.5) is 0 Å². The van der Waals surface area contributed by atoms with Crippen molar-refractivity contribution in [3.8, 4) is 11.5 Å². The van der Waals surface area contributed by atoms with E-state index in [1.54, 1.807) is 6.07 Å². The Labute approximate surface area is 177 Å². The molecule has 2 heterocycles. The minimum atomic E-state index is -1.87. The summed E-state index contributed by atoms with van der Waals surface area (Å²) in [4.78, 5) is 0. The van der Waals surface area contributed by atoms with Gasteiger partial charge in [0, 0.05) is 0 Å². The first-order valence-electron chi connectivity index (χ1n) is 9.73. The fourth-order valence-electron chi connectivity index (χ4n) is 3.33. The molecule has 0 bridgehead atoms. The van der Waals surface area contributed by atoms with Crippen molar-refractivity contribution in [1.82, 2.24) is 0 Å². The van der Waals surface area contributed by atoms with E-state index in [2.05, 4.69) is 0 Å². The molecular weight excluding hydrogens is 420 g/mol. The van der Waals surface area contributed by atoms with Gasteiger partial charge in [0.25, 0.3) is 0 Å². The van der Waals surface area contributed by atoms with Crippen molar-refractivity contribution in [1.29, 1.82) is 0 Å². The highest BCUT2D eigenvalue weighted by Crippen LogP contribution is 2.28. The second-order valence-electron chi connectivity index (χ2n) is 7.68. The number of aromatic hydroxyl groups is 2. The van der Waals surface area contributed by atoms with Crippen LogP contribution in [0.3, 0.4) is 0 Å². The third kappa shape index (κ3) is 5.26. The van der Waals surface area contributed by atoms with E-state index < -0.39 is 55.3 Å². The molecule has 12 nitrogen and oxygen atoms in total. The molecule has 0 saturated carbocycles. The maximum Gasteiger partial charge on any atom is 0.186 e. The molecule has 12 heteroatoms. The van der Waals surface area contributed by atoms with Crippen molar-refractivity contribution in [2.75, 3.05) is 26.4 Å². The molecule has 1 aromatic rings. The van der Waals surface area contributed by atoms with Crippen LogP contribution in [0.2, 0.25) is 0 Å². The molecule has 2 aliphatic heterocycles. The fraction of sp³-hybridized carbons (Fsp3) is 0.684. The lowest BCUT2D eigenvalue weighted by atomic mass is 9.99. The van der Waals surface area contributed by atoms with E-state index in [9.17, 15) is 35.7 Å². The van der Waals surface area contributed by atoms with Crippen molar-refractivity contribution >= 4 is 0 Å². The second kappa shape index (κ2) is 9.92. The molecule has 3 rings (SSSR count). The lowest BCUT2D eigenvalue weighted by molar-refractivity contribution is -0.309. The maximum absolute atomic E-state index is 10.2. The highest BCUT2D eigenvalue weighted by Gasteiger charge is 2.50. The quantitative estimate of drug-likeness (QED) is 0.187. The van der Waals surface area contributed by atoms with Gasteiger partial charge in [-0.05, 0) is 24.1 Å². The molecular formula is C19H28O12. The third-order valence-electron chi connectivity index (χ3n) is 5.39. The average molecular weight is 448 g/mol. The van der Waals surface area contributed by atoms with Crippen LogP contribution < -0.4 is 0 Å². The highest BCUT2D eigenvalue weighted by atomic mass is 16.7. The Bertz CT molecular complexity index is 732. The smallest absolute Gasteiger partial charge is 0.186 e. The second-order valence-corrected chi connectivity index (χ2v) is 7.68. The number of ether oxygens (including phenoxy) is 4. The van der Waals surface area contributed by atoms with Crippen LogP contribution in [-0.4, -0.2) is 116 Å². The lowest BCUT2D eigenvalue weighted by Gasteiger charge is -2.40. The Morgan fingerprint density at radius 2 is 1.71 bits per heavy atom. The zero-order valence-electron chi connectivity index (χ0n) is 16.5. The number of benzene rings is 1. The molecule has 2 fully saturated rings. The normalized spacial score (nSPS) is 38.5. The first kappa shape index (κ1) is 24.1. The maximum atomic E-state index is 10.2. The van der Waals surface area contributed by atoms with Crippen LogP contribution in [-0.2, 0) is 25.4 Å². The van der Waals surface area contributed by atoms with Crippen LogP contribution >= 0.6 is 0 Å². The molecule has 0 radical (unpaired) electrons. The van der Waals surface area contributed by atoms with Crippen LogP contribution in [0, 0.1) is 0 Å². The molecule has 8 unspecified atom stereocenters. The third-order valence-corrected chi connectivity index (χ3v) is 5.39. The van der Waals surface area contributed by atoms with Crippen LogP contribution in [0.15, 0.2) is 18.2 Å². The zero-order valence-corrected chi connectivity index (χ0v) is 16.5. The molecule has 8 N–H and O–H groups in total. The van der Waals surface area contributed by atoms with Gasteiger partial charge >= 0.3 is 0 Å². The summed E-state index contributed by atoms with van der Waals surface area (Å²) in [6.45, 7) is -1.45. The summed E-state index contributed by atoms with van der Waals surface area (Å²) >= 11 is 0. The van der Waals surface area contributed by atoms with E-state index in [-0.39, 0.29) is 31.3 Å². The average Bonchev–Trinajstić information content (AvgIpc) is 3.04. The van der Waals surface area contributed by atoms with Crippen LogP contribution in [0.25, 0.3) is 0 Å². The minimum Gasteiger partial charge on any atom is -0.504 e. The lowest BCUT2D eigenvalue weighted by Crippen LogP contribution is -2.59. The Morgan fingerprint density at radius 1 is 0.968 bits per heavy atom. The summed E-state index contributed by atoms with van der Waals surface area (Å²) < 4.78 is 21.4. The molecule has 1 aromatic carbocycles. The van der Waals surface area contributed by atoms with E-state index in [1.165, 1.54) is 12.1 Å². The number of aliphatic hydroxyl groups is 6. The first-order chi connectivity index (χ1) is 14.7.